The van der Waals surface area contributed by atoms with Crippen LogP contribution in [0.15, 0.2) is 35.4 Å². The van der Waals surface area contributed by atoms with Crippen molar-refractivity contribution in [3.63, 3.8) is 0 Å². The van der Waals surface area contributed by atoms with Crippen LogP contribution >= 0.6 is 11.3 Å². The maximum absolute atomic E-state index is 12.4. The zero-order valence-electron chi connectivity index (χ0n) is 13.5. The highest BCUT2D eigenvalue weighted by atomic mass is 32.1. The molecule has 0 N–H and O–H groups in total. The van der Waals surface area contributed by atoms with Gasteiger partial charge < -0.3 is 14.0 Å². The Kier molecular flexibility index (Phi) is 4.35. The van der Waals surface area contributed by atoms with Crippen molar-refractivity contribution in [3.05, 3.63) is 57.0 Å². The lowest BCUT2D eigenvalue weighted by Crippen LogP contribution is -2.16. The molecule has 3 aromatic rings. The first kappa shape index (κ1) is 16.2. The highest BCUT2D eigenvalue weighted by molar-refractivity contribution is 7.20. The van der Waals surface area contributed by atoms with Gasteiger partial charge in [0.25, 0.3) is 5.56 Å². The third-order valence-electron chi connectivity index (χ3n) is 3.70. The zero-order chi connectivity index (χ0) is 17.3. The average Bonchev–Trinajstić information content (AvgIpc) is 2.93. The van der Waals surface area contributed by atoms with Gasteiger partial charge >= 0.3 is 5.97 Å². The van der Waals surface area contributed by atoms with E-state index in [1.807, 2.05) is 24.3 Å². The van der Waals surface area contributed by atoms with E-state index in [0.29, 0.717) is 26.4 Å². The first-order valence-corrected chi connectivity index (χ1v) is 8.07. The molecule has 0 amide bonds. The number of carbonyl (C=O) groups is 1. The molecule has 24 heavy (non-hydrogen) atoms. The van der Waals surface area contributed by atoms with Crippen molar-refractivity contribution >= 4 is 27.5 Å². The Bertz CT molecular complexity index is 974. The Hall–Kier alpha value is -2.67. The fourth-order valence-electron chi connectivity index (χ4n) is 2.38. The summed E-state index contributed by atoms with van der Waals surface area (Å²) in [6.07, 6.45) is 1.45. The number of esters is 1. The molecule has 0 aliphatic rings. The zero-order valence-corrected chi connectivity index (χ0v) is 14.3. The van der Waals surface area contributed by atoms with E-state index < -0.39 is 5.97 Å². The maximum Gasteiger partial charge on any atom is 0.349 e. The van der Waals surface area contributed by atoms with Crippen LogP contribution in [-0.2, 0) is 18.4 Å². The minimum atomic E-state index is -0.458. The van der Waals surface area contributed by atoms with Crippen LogP contribution in [0.4, 0.5) is 0 Å². The SMILES string of the molecule is COc1cccc(COC(=O)c2sc3ncn(C)c(=O)c3c2C)c1. The smallest absolute Gasteiger partial charge is 0.349 e. The molecule has 2 heterocycles. The van der Waals surface area contributed by atoms with Gasteiger partial charge in [-0.15, -0.1) is 11.3 Å². The lowest BCUT2D eigenvalue weighted by atomic mass is 10.2. The molecule has 3 rings (SSSR count). The summed E-state index contributed by atoms with van der Waals surface area (Å²) in [5.74, 6) is 0.245. The van der Waals surface area contributed by atoms with Gasteiger partial charge in [0, 0.05) is 7.05 Å². The molecule has 2 aromatic heterocycles. The lowest BCUT2D eigenvalue weighted by molar-refractivity contribution is 0.0477. The van der Waals surface area contributed by atoms with Gasteiger partial charge in [-0.05, 0) is 30.2 Å². The summed E-state index contributed by atoms with van der Waals surface area (Å²) in [6.45, 7) is 1.87. The molecule has 7 heteroatoms. The monoisotopic (exact) mass is 344 g/mol. The molecule has 0 saturated carbocycles. The second kappa shape index (κ2) is 6.45. The van der Waals surface area contributed by atoms with E-state index in [-0.39, 0.29) is 12.2 Å². The maximum atomic E-state index is 12.4. The minimum Gasteiger partial charge on any atom is -0.497 e. The Labute approximate surface area is 142 Å². The molecule has 0 bridgehead atoms. The number of methoxy groups -OCH3 is 1. The van der Waals surface area contributed by atoms with Gasteiger partial charge in [-0.25, -0.2) is 9.78 Å². The molecule has 1 aromatic carbocycles. The number of hydrogen-bond donors (Lipinski definition) is 0. The molecule has 0 saturated heterocycles. The first-order chi connectivity index (χ1) is 11.5. The molecule has 6 nitrogen and oxygen atoms in total. The lowest BCUT2D eigenvalue weighted by Gasteiger charge is -2.06. The summed E-state index contributed by atoms with van der Waals surface area (Å²) in [6, 6.07) is 7.32. The topological polar surface area (TPSA) is 70.4 Å². The van der Waals surface area contributed by atoms with E-state index in [1.54, 1.807) is 21.1 Å². The molecule has 0 fully saturated rings. The standard InChI is InChI=1S/C17H16N2O4S/c1-10-13-15(18-9-19(2)16(13)20)24-14(10)17(21)23-8-11-5-4-6-12(7-11)22-3/h4-7,9H,8H2,1-3H3. The first-order valence-electron chi connectivity index (χ1n) is 7.26. The van der Waals surface area contributed by atoms with E-state index >= 15 is 0 Å². The Balaban J connectivity index is 1.85. The van der Waals surface area contributed by atoms with Crippen molar-refractivity contribution in [2.75, 3.05) is 7.11 Å². The Morgan fingerprint density at radius 1 is 1.38 bits per heavy atom. The van der Waals surface area contributed by atoms with Crippen LogP contribution in [0.3, 0.4) is 0 Å². The highest BCUT2D eigenvalue weighted by Gasteiger charge is 2.20. The number of carbonyl (C=O) groups excluding carboxylic acids is 1. The van der Waals surface area contributed by atoms with E-state index in [2.05, 4.69) is 4.98 Å². The number of ether oxygens (including phenoxy) is 2. The number of hydrogen-bond acceptors (Lipinski definition) is 6. The number of benzene rings is 1. The number of aryl methyl sites for hydroxylation is 2. The summed E-state index contributed by atoms with van der Waals surface area (Å²) in [5, 5.41) is 0.471. The third kappa shape index (κ3) is 2.90. The largest absolute Gasteiger partial charge is 0.497 e. The average molecular weight is 344 g/mol. The Morgan fingerprint density at radius 3 is 2.92 bits per heavy atom. The van der Waals surface area contributed by atoms with Gasteiger partial charge in [-0.3, -0.25) is 4.79 Å². The molecule has 124 valence electrons. The minimum absolute atomic E-state index is 0.134. The number of rotatable bonds is 4. The van der Waals surface area contributed by atoms with Crippen molar-refractivity contribution in [2.24, 2.45) is 7.05 Å². The van der Waals surface area contributed by atoms with Crippen molar-refractivity contribution in [1.29, 1.82) is 0 Å². The van der Waals surface area contributed by atoms with Crippen molar-refractivity contribution in [3.8, 4) is 5.75 Å². The summed E-state index contributed by atoms with van der Waals surface area (Å²) in [4.78, 5) is 29.7. The van der Waals surface area contributed by atoms with Crippen LogP contribution in [0, 0.1) is 6.92 Å². The fourth-order valence-corrected chi connectivity index (χ4v) is 3.41. The van der Waals surface area contributed by atoms with Gasteiger partial charge in [0.2, 0.25) is 0 Å². The van der Waals surface area contributed by atoms with Crippen LogP contribution in [-0.4, -0.2) is 22.6 Å². The number of thiophene rings is 1. The predicted molar refractivity (Wildman–Crippen MR) is 91.7 cm³/mol. The van der Waals surface area contributed by atoms with Gasteiger partial charge in [-0.2, -0.15) is 0 Å². The van der Waals surface area contributed by atoms with Crippen LogP contribution in [0.2, 0.25) is 0 Å². The number of fused-ring (bicyclic) bond motifs is 1. The van der Waals surface area contributed by atoms with E-state index in [9.17, 15) is 9.59 Å². The summed E-state index contributed by atoms with van der Waals surface area (Å²) in [5.41, 5.74) is 1.27. The van der Waals surface area contributed by atoms with Crippen LogP contribution in [0.25, 0.3) is 10.2 Å². The van der Waals surface area contributed by atoms with Gasteiger partial charge in [0.05, 0.1) is 18.8 Å². The molecule has 0 spiro atoms. The Morgan fingerprint density at radius 2 is 2.17 bits per heavy atom. The summed E-state index contributed by atoms with van der Waals surface area (Å²) in [7, 11) is 3.21. The van der Waals surface area contributed by atoms with Crippen LogP contribution < -0.4 is 10.3 Å². The van der Waals surface area contributed by atoms with Gasteiger partial charge in [0.1, 0.15) is 22.1 Å². The molecule has 0 aliphatic heterocycles. The molecular formula is C17H16N2O4S. The van der Waals surface area contributed by atoms with Gasteiger partial charge in [-0.1, -0.05) is 12.1 Å². The molecule has 0 aliphatic carbocycles. The summed E-state index contributed by atoms with van der Waals surface area (Å²) < 4.78 is 11.9. The fraction of sp³-hybridized carbons (Fsp3) is 0.235. The quantitative estimate of drug-likeness (QED) is 0.681. The second-order valence-electron chi connectivity index (χ2n) is 5.32. The van der Waals surface area contributed by atoms with Crippen molar-refractivity contribution < 1.29 is 14.3 Å². The summed E-state index contributed by atoms with van der Waals surface area (Å²) >= 11 is 1.17. The normalized spacial score (nSPS) is 10.8. The van der Waals surface area contributed by atoms with E-state index in [4.69, 9.17) is 9.47 Å². The predicted octanol–water partition coefficient (Wildman–Crippen LogP) is 2.67. The number of aromatic nitrogens is 2. The van der Waals surface area contributed by atoms with Crippen LogP contribution in [0.1, 0.15) is 20.8 Å². The van der Waals surface area contributed by atoms with Crippen molar-refractivity contribution in [2.45, 2.75) is 13.5 Å². The molecule has 0 unspecified atom stereocenters. The second-order valence-corrected chi connectivity index (χ2v) is 6.32. The number of nitrogens with zero attached hydrogens (tertiary/aromatic N) is 2. The van der Waals surface area contributed by atoms with Crippen LogP contribution in [0.5, 0.6) is 5.75 Å². The van der Waals surface area contributed by atoms with Gasteiger partial charge in [0.15, 0.2) is 0 Å². The third-order valence-corrected chi connectivity index (χ3v) is 4.88. The molecule has 0 radical (unpaired) electrons. The highest BCUT2D eigenvalue weighted by Crippen LogP contribution is 2.27. The molecular weight excluding hydrogens is 328 g/mol. The van der Waals surface area contributed by atoms with E-state index in [0.717, 1.165) is 5.56 Å². The van der Waals surface area contributed by atoms with Crippen molar-refractivity contribution in [1.82, 2.24) is 9.55 Å². The molecule has 0 atom stereocenters. The van der Waals surface area contributed by atoms with E-state index in [1.165, 1.54) is 22.2 Å².